The monoisotopic (exact) mass is 247 g/mol. The van der Waals surface area contributed by atoms with Crippen LogP contribution in [-0.4, -0.2) is 12.6 Å². The molecule has 0 saturated carbocycles. The Morgan fingerprint density at radius 2 is 1.89 bits per heavy atom. The second-order valence-corrected chi connectivity index (χ2v) is 4.25. The first-order chi connectivity index (χ1) is 8.56. The lowest BCUT2D eigenvalue weighted by Gasteiger charge is -2.17. The van der Waals surface area contributed by atoms with Crippen LogP contribution in [-0.2, 0) is 9.53 Å². The molecule has 3 nitrogen and oxygen atoms in total. The summed E-state index contributed by atoms with van der Waals surface area (Å²) in [4.78, 5) is 11.6. The van der Waals surface area contributed by atoms with Crippen molar-refractivity contribution in [3.63, 3.8) is 0 Å². The topological polar surface area (TPSA) is 38.3 Å². The lowest BCUT2D eigenvalue weighted by molar-refractivity contribution is -0.138. The first kappa shape index (κ1) is 14.3. The highest BCUT2D eigenvalue weighted by atomic mass is 16.5. The molecule has 0 unspecified atom stereocenters. The molecule has 1 N–H and O–H groups in total. The Morgan fingerprint density at radius 3 is 2.44 bits per heavy atom. The van der Waals surface area contributed by atoms with Gasteiger partial charge in [-0.25, -0.2) is 4.79 Å². The number of hydrogen-bond donors (Lipinski definition) is 1. The molecule has 1 aromatic rings. The Balaban J connectivity index is 2.72. The van der Waals surface area contributed by atoms with Crippen molar-refractivity contribution in [3.8, 4) is 0 Å². The normalized spacial score (nSPS) is 13.6. The second-order valence-electron chi connectivity index (χ2n) is 4.25. The van der Waals surface area contributed by atoms with Crippen LogP contribution in [0, 0.1) is 0 Å². The Hall–Kier alpha value is -1.77. The van der Waals surface area contributed by atoms with Gasteiger partial charge in [0.25, 0.3) is 0 Å². The summed E-state index contributed by atoms with van der Waals surface area (Å²) < 4.78 is 4.98. The van der Waals surface area contributed by atoms with E-state index in [2.05, 4.69) is 24.4 Å². The van der Waals surface area contributed by atoms with E-state index < -0.39 is 0 Å². The summed E-state index contributed by atoms with van der Waals surface area (Å²) in [5.74, 6) is -0.261. The molecule has 0 aromatic heterocycles. The summed E-state index contributed by atoms with van der Waals surface area (Å²) >= 11 is 0. The summed E-state index contributed by atoms with van der Waals surface area (Å²) in [6.07, 6.45) is 0. The highest BCUT2D eigenvalue weighted by Crippen LogP contribution is 2.14. The number of allylic oxidation sites excluding steroid dienone is 1. The standard InChI is InChI=1S/C15H21NO2/c1-5-18-15(17)11(2)12(3)16-13(4)14-9-7-6-8-10-14/h6-10,13,16H,5H2,1-4H3/b12-11+/t13-/m0/s1. The van der Waals surface area contributed by atoms with E-state index in [9.17, 15) is 4.79 Å². The average molecular weight is 247 g/mol. The van der Waals surface area contributed by atoms with Gasteiger partial charge >= 0.3 is 5.97 Å². The molecule has 98 valence electrons. The number of ether oxygens (including phenoxy) is 1. The number of benzene rings is 1. The zero-order chi connectivity index (χ0) is 13.5. The van der Waals surface area contributed by atoms with Crippen LogP contribution < -0.4 is 5.32 Å². The minimum Gasteiger partial charge on any atom is -0.463 e. The van der Waals surface area contributed by atoms with Crippen LogP contribution in [0.2, 0.25) is 0 Å². The minimum atomic E-state index is -0.261. The third kappa shape index (κ3) is 3.91. The van der Waals surface area contributed by atoms with Crippen molar-refractivity contribution >= 4 is 5.97 Å². The number of hydrogen-bond acceptors (Lipinski definition) is 3. The van der Waals surface area contributed by atoms with Crippen molar-refractivity contribution in [2.45, 2.75) is 33.7 Å². The van der Waals surface area contributed by atoms with Gasteiger partial charge in [-0.05, 0) is 33.3 Å². The fraction of sp³-hybridized carbons (Fsp3) is 0.400. The van der Waals surface area contributed by atoms with E-state index in [4.69, 9.17) is 4.74 Å². The zero-order valence-corrected chi connectivity index (χ0v) is 11.5. The Bertz CT molecular complexity index is 423. The molecule has 0 spiro atoms. The van der Waals surface area contributed by atoms with Crippen molar-refractivity contribution in [2.24, 2.45) is 0 Å². The van der Waals surface area contributed by atoms with Crippen LogP contribution >= 0.6 is 0 Å². The molecule has 1 atom stereocenters. The van der Waals surface area contributed by atoms with Gasteiger partial charge in [-0.3, -0.25) is 0 Å². The SMILES string of the molecule is CCOC(=O)/C(C)=C(\C)N[C@@H](C)c1ccccc1. The summed E-state index contributed by atoms with van der Waals surface area (Å²) in [5, 5.41) is 3.31. The van der Waals surface area contributed by atoms with Gasteiger partial charge in [0.2, 0.25) is 0 Å². The Labute approximate surface area is 109 Å². The first-order valence-corrected chi connectivity index (χ1v) is 6.22. The van der Waals surface area contributed by atoms with E-state index in [0.29, 0.717) is 12.2 Å². The van der Waals surface area contributed by atoms with Gasteiger partial charge in [-0.2, -0.15) is 0 Å². The van der Waals surface area contributed by atoms with Crippen LogP contribution in [0.4, 0.5) is 0 Å². The molecule has 1 rings (SSSR count). The van der Waals surface area contributed by atoms with Gasteiger partial charge in [0, 0.05) is 11.7 Å². The van der Waals surface area contributed by atoms with Crippen molar-refractivity contribution in [3.05, 3.63) is 47.2 Å². The number of nitrogens with one attached hydrogen (secondary N) is 1. The van der Waals surface area contributed by atoms with Gasteiger partial charge < -0.3 is 10.1 Å². The minimum absolute atomic E-state index is 0.163. The molecule has 0 saturated heterocycles. The Kier molecular flexibility index (Phi) is 5.43. The van der Waals surface area contributed by atoms with Gasteiger partial charge in [-0.15, -0.1) is 0 Å². The van der Waals surface area contributed by atoms with Crippen molar-refractivity contribution in [1.82, 2.24) is 5.32 Å². The zero-order valence-electron chi connectivity index (χ0n) is 11.5. The van der Waals surface area contributed by atoms with Crippen molar-refractivity contribution in [2.75, 3.05) is 6.61 Å². The fourth-order valence-electron chi connectivity index (χ4n) is 1.65. The summed E-state index contributed by atoms with van der Waals surface area (Å²) in [6, 6.07) is 10.3. The third-order valence-corrected chi connectivity index (χ3v) is 2.88. The van der Waals surface area contributed by atoms with Gasteiger partial charge in [0.15, 0.2) is 0 Å². The molecule has 0 radical (unpaired) electrons. The maximum absolute atomic E-state index is 11.6. The number of carbonyl (C=O) groups excluding carboxylic acids is 1. The maximum atomic E-state index is 11.6. The summed E-state index contributed by atoms with van der Waals surface area (Å²) in [6.45, 7) is 7.94. The predicted molar refractivity (Wildman–Crippen MR) is 73.0 cm³/mol. The van der Waals surface area contributed by atoms with E-state index in [1.165, 1.54) is 5.56 Å². The summed E-state index contributed by atoms with van der Waals surface area (Å²) in [7, 11) is 0. The van der Waals surface area contributed by atoms with Crippen LogP contribution in [0.5, 0.6) is 0 Å². The molecule has 18 heavy (non-hydrogen) atoms. The lowest BCUT2D eigenvalue weighted by atomic mass is 10.1. The molecule has 0 aliphatic heterocycles. The molecule has 0 amide bonds. The molecule has 0 aliphatic rings. The smallest absolute Gasteiger partial charge is 0.335 e. The van der Waals surface area contributed by atoms with E-state index in [0.717, 1.165) is 5.70 Å². The maximum Gasteiger partial charge on any atom is 0.335 e. The van der Waals surface area contributed by atoms with E-state index in [1.807, 2.05) is 25.1 Å². The van der Waals surface area contributed by atoms with Crippen molar-refractivity contribution < 1.29 is 9.53 Å². The Morgan fingerprint density at radius 1 is 1.28 bits per heavy atom. The van der Waals surface area contributed by atoms with Gasteiger partial charge in [0.1, 0.15) is 0 Å². The highest BCUT2D eigenvalue weighted by molar-refractivity contribution is 5.88. The molecular formula is C15H21NO2. The van der Waals surface area contributed by atoms with E-state index in [1.54, 1.807) is 13.8 Å². The first-order valence-electron chi connectivity index (χ1n) is 6.22. The molecule has 3 heteroatoms. The molecular weight excluding hydrogens is 226 g/mol. The largest absolute Gasteiger partial charge is 0.463 e. The molecule has 0 aliphatic carbocycles. The average Bonchev–Trinajstić information content (AvgIpc) is 2.39. The number of rotatable bonds is 5. The van der Waals surface area contributed by atoms with Crippen molar-refractivity contribution in [1.29, 1.82) is 0 Å². The molecule has 0 fully saturated rings. The number of carbonyl (C=O) groups is 1. The van der Waals surface area contributed by atoms with E-state index >= 15 is 0 Å². The van der Waals surface area contributed by atoms with Crippen LogP contribution in [0.1, 0.15) is 39.3 Å². The molecule has 0 heterocycles. The highest BCUT2D eigenvalue weighted by Gasteiger charge is 2.11. The fourth-order valence-corrected chi connectivity index (χ4v) is 1.65. The quantitative estimate of drug-likeness (QED) is 0.641. The van der Waals surface area contributed by atoms with Gasteiger partial charge in [-0.1, -0.05) is 30.3 Å². The molecule has 0 bridgehead atoms. The third-order valence-electron chi connectivity index (χ3n) is 2.88. The summed E-state index contributed by atoms with van der Waals surface area (Å²) in [5.41, 5.74) is 2.66. The van der Waals surface area contributed by atoms with E-state index in [-0.39, 0.29) is 12.0 Å². The lowest BCUT2D eigenvalue weighted by Crippen LogP contribution is -2.20. The van der Waals surface area contributed by atoms with Crippen LogP contribution in [0.15, 0.2) is 41.6 Å². The molecule has 1 aromatic carbocycles. The van der Waals surface area contributed by atoms with Gasteiger partial charge in [0.05, 0.1) is 12.2 Å². The predicted octanol–water partition coefficient (Wildman–Crippen LogP) is 3.19. The van der Waals surface area contributed by atoms with Crippen LogP contribution in [0.3, 0.4) is 0 Å². The van der Waals surface area contributed by atoms with Crippen LogP contribution in [0.25, 0.3) is 0 Å². The second kappa shape index (κ2) is 6.84. The number of esters is 1.